The molecule has 5 nitrogen and oxygen atoms in total. The van der Waals surface area contributed by atoms with Crippen LogP contribution in [0.15, 0.2) is 42.5 Å². The lowest BCUT2D eigenvalue weighted by Gasteiger charge is -2.11. The molecule has 2 aromatic carbocycles. The monoisotopic (exact) mass is 375 g/mol. The number of carbonyl (C=O) groups excluding carboxylic acids is 2. The summed E-state index contributed by atoms with van der Waals surface area (Å²) in [4.78, 5) is 24.0. The van der Waals surface area contributed by atoms with Gasteiger partial charge in [-0.2, -0.15) is 0 Å². The molecule has 2 aromatic rings. The number of amides is 1. The van der Waals surface area contributed by atoms with Crippen LogP contribution in [-0.2, 0) is 9.53 Å². The summed E-state index contributed by atoms with van der Waals surface area (Å²) in [5.41, 5.74) is 1.74. The van der Waals surface area contributed by atoms with Crippen molar-refractivity contribution in [3.05, 3.63) is 58.6 Å². The number of hydrogen-bond donors (Lipinski definition) is 1. The van der Waals surface area contributed by atoms with Gasteiger partial charge in [-0.05, 0) is 56.2 Å². The van der Waals surface area contributed by atoms with Crippen LogP contribution in [0.4, 0.5) is 5.69 Å². The first-order valence-corrected chi connectivity index (χ1v) is 8.84. The Balaban J connectivity index is 1.83. The maximum absolute atomic E-state index is 12.1. The van der Waals surface area contributed by atoms with Gasteiger partial charge in [0.2, 0.25) is 5.91 Å². The van der Waals surface area contributed by atoms with Crippen LogP contribution in [0.5, 0.6) is 5.75 Å². The van der Waals surface area contributed by atoms with Crippen molar-refractivity contribution < 1.29 is 19.1 Å². The Kier molecular flexibility index (Phi) is 7.48. The molecular formula is C20H22ClNO4. The van der Waals surface area contributed by atoms with E-state index in [2.05, 4.69) is 5.32 Å². The molecule has 0 aliphatic heterocycles. The van der Waals surface area contributed by atoms with Crippen molar-refractivity contribution in [1.29, 1.82) is 0 Å². The summed E-state index contributed by atoms with van der Waals surface area (Å²) >= 11 is 5.91. The summed E-state index contributed by atoms with van der Waals surface area (Å²) in [6, 6.07) is 12.2. The van der Waals surface area contributed by atoms with Crippen molar-refractivity contribution in [2.45, 2.75) is 26.7 Å². The highest BCUT2D eigenvalue weighted by Gasteiger charge is 2.13. The minimum absolute atomic E-state index is 0.182. The zero-order valence-electron chi connectivity index (χ0n) is 14.9. The fourth-order valence-electron chi connectivity index (χ4n) is 2.38. The van der Waals surface area contributed by atoms with E-state index in [0.29, 0.717) is 29.3 Å². The first kappa shape index (κ1) is 19.8. The molecule has 0 saturated carbocycles. The molecule has 2 rings (SSSR count). The molecule has 138 valence electrons. The molecule has 26 heavy (non-hydrogen) atoms. The second kappa shape index (κ2) is 9.82. The Morgan fingerprint density at radius 3 is 2.65 bits per heavy atom. The quantitative estimate of drug-likeness (QED) is 0.540. The maximum Gasteiger partial charge on any atom is 0.340 e. The zero-order chi connectivity index (χ0) is 18.9. The van der Waals surface area contributed by atoms with Gasteiger partial charge < -0.3 is 14.8 Å². The lowest BCUT2D eigenvalue weighted by atomic mass is 10.1. The highest BCUT2D eigenvalue weighted by Crippen LogP contribution is 2.22. The summed E-state index contributed by atoms with van der Waals surface area (Å²) in [6.07, 6.45) is 0.833. The molecule has 0 aliphatic rings. The van der Waals surface area contributed by atoms with E-state index in [1.807, 2.05) is 19.1 Å². The highest BCUT2D eigenvalue weighted by atomic mass is 35.5. The first-order chi connectivity index (χ1) is 12.5. The van der Waals surface area contributed by atoms with Gasteiger partial charge in [-0.25, -0.2) is 4.79 Å². The summed E-state index contributed by atoms with van der Waals surface area (Å²) in [5, 5.41) is 3.42. The van der Waals surface area contributed by atoms with Gasteiger partial charge in [0, 0.05) is 11.4 Å². The Labute approximate surface area is 158 Å². The van der Waals surface area contributed by atoms with E-state index in [0.717, 1.165) is 11.3 Å². The second-order valence-electron chi connectivity index (χ2n) is 5.68. The largest absolute Gasteiger partial charge is 0.493 e. The van der Waals surface area contributed by atoms with E-state index in [9.17, 15) is 9.59 Å². The normalized spacial score (nSPS) is 10.3. The van der Waals surface area contributed by atoms with Crippen LogP contribution >= 0.6 is 11.6 Å². The average Bonchev–Trinajstić information content (AvgIpc) is 2.61. The molecular weight excluding hydrogens is 354 g/mol. The number of anilines is 1. The van der Waals surface area contributed by atoms with Crippen molar-refractivity contribution in [2.24, 2.45) is 0 Å². The first-order valence-electron chi connectivity index (χ1n) is 8.46. The van der Waals surface area contributed by atoms with E-state index in [-0.39, 0.29) is 18.9 Å². The van der Waals surface area contributed by atoms with E-state index in [4.69, 9.17) is 21.1 Å². The molecule has 0 unspecified atom stereocenters. The minimum atomic E-state index is -0.454. The lowest BCUT2D eigenvalue weighted by Crippen LogP contribution is -2.16. The summed E-state index contributed by atoms with van der Waals surface area (Å²) in [6.45, 7) is 4.35. The topological polar surface area (TPSA) is 64.6 Å². The van der Waals surface area contributed by atoms with Crippen LogP contribution in [0.25, 0.3) is 0 Å². The molecule has 0 spiro atoms. The van der Waals surface area contributed by atoms with Crippen molar-refractivity contribution in [1.82, 2.24) is 0 Å². The summed E-state index contributed by atoms with van der Waals surface area (Å²) in [7, 11) is 0. The number of ether oxygens (including phenoxy) is 2. The molecule has 0 fully saturated rings. The lowest BCUT2D eigenvalue weighted by molar-refractivity contribution is -0.116. The van der Waals surface area contributed by atoms with Gasteiger partial charge in [-0.1, -0.05) is 23.7 Å². The number of halogens is 1. The molecule has 0 aliphatic carbocycles. The van der Waals surface area contributed by atoms with Crippen molar-refractivity contribution in [2.75, 3.05) is 18.5 Å². The molecule has 0 atom stereocenters. The third kappa shape index (κ3) is 5.77. The SMILES string of the molecule is CCOC(=O)c1ccccc1NC(=O)CCCOc1ccc(Cl)cc1C. The van der Waals surface area contributed by atoms with Crippen molar-refractivity contribution in [3.8, 4) is 5.75 Å². The van der Waals surface area contributed by atoms with Gasteiger partial charge in [0.1, 0.15) is 5.75 Å². The van der Waals surface area contributed by atoms with E-state index < -0.39 is 5.97 Å². The van der Waals surface area contributed by atoms with Gasteiger partial charge in [0.15, 0.2) is 0 Å². The number of esters is 1. The second-order valence-corrected chi connectivity index (χ2v) is 6.11. The van der Waals surface area contributed by atoms with Crippen LogP contribution in [0.2, 0.25) is 5.02 Å². The molecule has 0 saturated heterocycles. The molecule has 0 aromatic heterocycles. The van der Waals surface area contributed by atoms with Crippen LogP contribution < -0.4 is 10.1 Å². The van der Waals surface area contributed by atoms with Gasteiger partial charge in [-0.15, -0.1) is 0 Å². The number of carbonyl (C=O) groups is 2. The van der Waals surface area contributed by atoms with Crippen LogP contribution in [0.3, 0.4) is 0 Å². The van der Waals surface area contributed by atoms with Crippen LogP contribution in [0.1, 0.15) is 35.7 Å². The van der Waals surface area contributed by atoms with Gasteiger partial charge in [-0.3, -0.25) is 4.79 Å². The standard InChI is InChI=1S/C20H22ClNO4/c1-3-25-20(24)16-7-4-5-8-17(16)22-19(23)9-6-12-26-18-11-10-15(21)13-14(18)2/h4-5,7-8,10-11,13H,3,6,9,12H2,1-2H3,(H,22,23). The Morgan fingerprint density at radius 1 is 1.15 bits per heavy atom. The number of hydrogen-bond acceptors (Lipinski definition) is 4. The Bertz CT molecular complexity index is 776. The zero-order valence-corrected chi connectivity index (χ0v) is 15.6. The van der Waals surface area contributed by atoms with Crippen LogP contribution in [-0.4, -0.2) is 25.1 Å². The number of aryl methyl sites for hydroxylation is 1. The van der Waals surface area contributed by atoms with E-state index in [1.54, 1.807) is 37.3 Å². The number of nitrogens with one attached hydrogen (secondary N) is 1. The minimum Gasteiger partial charge on any atom is -0.493 e. The average molecular weight is 376 g/mol. The fourth-order valence-corrected chi connectivity index (χ4v) is 2.61. The molecule has 1 N–H and O–H groups in total. The molecule has 0 heterocycles. The van der Waals surface area contributed by atoms with Gasteiger partial charge >= 0.3 is 5.97 Å². The molecule has 0 radical (unpaired) electrons. The molecule has 1 amide bonds. The van der Waals surface area contributed by atoms with Gasteiger partial charge in [0.05, 0.1) is 24.5 Å². The van der Waals surface area contributed by atoms with Crippen LogP contribution in [0, 0.1) is 6.92 Å². The number of rotatable bonds is 8. The number of para-hydroxylation sites is 1. The Morgan fingerprint density at radius 2 is 1.92 bits per heavy atom. The smallest absolute Gasteiger partial charge is 0.340 e. The van der Waals surface area contributed by atoms with Crippen molar-refractivity contribution >= 4 is 29.2 Å². The fraction of sp³-hybridized carbons (Fsp3) is 0.300. The molecule has 0 bridgehead atoms. The predicted octanol–water partition coefficient (Wildman–Crippen LogP) is 4.62. The third-order valence-corrected chi connectivity index (χ3v) is 3.87. The van der Waals surface area contributed by atoms with Gasteiger partial charge in [0.25, 0.3) is 0 Å². The summed E-state index contributed by atoms with van der Waals surface area (Å²) < 4.78 is 10.7. The predicted molar refractivity (Wildman–Crippen MR) is 102 cm³/mol. The number of benzene rings is 2. The maximum atomic E-state index is 12.1. The summed E-state index contributed by atoms with van der Waals surface area (Å²) in [5.74, 6) is 0.116. The third-order valence-electron chi connectivity index (χ3n) is 3.64. The Hall–Kier alpha value is -2.53. The van der Waals surface area contributed by atoms with E-state index >= 15 is 0 Å². The van der Waals surface area contributed by atoms with E-state index in [1.165, 1.54) is 0 Å². The molecule has 6 heteroatoms. The highest BCUT2D eigenvalue weighted by molar-refractivity contribution is 6.30. The van der Waals surface area contributed by atoms with Crippen molar-refractivity contribution in [3.63, 3.8) is 0 Å².